The van der Waals surface area contributed by atoms with Gasteiger partial charge in [0.15, 0.2) is 0 Å². The third-order valence-electron chi connectivity index (χ3n) is 2.85. The van der Waals surface area contributed by atoms with E-state index in [1.54, 1.807) is 11.9 Å². The molecule has 0 saturated heterocycles. The number of aryl methyl sites for hydroxylation is 1. The second-order valence-electron chi connectivity index (χ2n) is 4.44. The second kappa shape index (κ2) is 6.56. The molecular weight excluding hydrogens is 314 g/mol. The van der Waals surface area contributed by atoms with Crippen LogP contribution in [-0.4, -0.2) is 35.7 Å². The Morgan fingerprint density at radius 1 is 1.37 bits per heavy atom. The molecule has 0 amide bonds. The Bertz CT molecular complexity index is 490. The van der Waals surface area contributed by atoms with E-state index in [1.807, 2.05) is 25.1 Å². The van der Waals surface area contributed by atoms with E-state index in [0.29, 0.717) is 0 Å². The molecule has 1 aromatic rings. The van der Waals surface area contributed by atoms with Crippen LogP contribution in [0.3, 0.4) is 0 Å². The molecule has 0 bridgehead atoms. The predicted octanol–water partition coefficient (Wildman–Crippen LogP) is 2.37. The number of hydrogen-bond donors (Lipinski definition) is 2. The van der Waals surface area contributed by atoms with E-state index in [2.05, 4.69) is 15.9 Å². The average Bonchev–Trinajstić information content (AvgIpc) is 2.30. The number of carbonyl (C=O) groups is 2. The van der Waals surface area contributed by atoms with Gasteiger partial charge in [-0.1, -0.05) is 22.0 Å². The lowest BCUT2D eigenvalue weighted by Crippen LogP contribution is -2.32. The molecule has 1 aromatic carbocycles. The standard InChI is InChI=1S/C13H16BrNO4/c1-8-3-4-10(14)6-11(8)15(2)7-9(13(18)19)5-12(16)17/h3-4,6,9H,5,7H2,1-2H3,(H,16,17)(H,18,19). The summed E-state index contributed by atoms with van der Waals surface area (Å²) < 4.78 is 0.894. The summed E-state index contributed by atoms with van der Waals surface area (Å²) in [6.45, 7) is 2.07. The molecule has 2 N–H and O–H groups in total. The Hall–Kier alpha value is -1.56. The first kappa shape index (κ1) is 15.5. The summed E-state index contributed by atoms with van der Waals surface area (Å²) in [5.41, 5.74) is 1.89. The molecule has 1 unspecified atom stereocenters. The highest BCUT2D eigenvalue weighted by Crippen LogP contribution is 2.24. The Morgan fingerprint density at radius 2 is 2.00 bits per heavy atom. The summed E-state index contributed by atoms with van der Waals surface area (Å²) in [5.74, 6) is -3.13. The highest BCUT2D eigenvalue weighted by molar-refractivity contribution is 9.10. The van der Waals surface area contributed by atoms with Crippen LogP contribution in [0.25, 0.3) is 0 Å². The van der Waals surface area contributed by atoms with Gasteiger partial charge in [0, 0.05) is 23.8 Å². The second-order valence-corrected chi connectivity index (χ2v) is 5.36. The highest BCUT2D eigenvalue weighted by atomic mass is 79.9. The molecule has 5 nitrogen and oxygen atoms in total. The number of rotatable bonds is 6. The third kappa shape index (κ3) is 4.55. The van der Waals surface area contributed by atoms with Gasteiger partial charge in [-0.3, -0.25) is 9.59 Å². The highest BCUT2D eigenvalue weighted by Gasteiger charge is 2.23. The first-order valence-electron chi connectivity index (χ1n) is 5.73. The van der Waals surface area contributed by atoms with Gasteiger partial charge in [0.05, 0.1) is 12.3 Å². The SMILES string of the molecule is Cc1ccc(Br)cc1N(C)CC(CC(=O)O)C(=O)O. The number of anilines is 1. The van der Waals surface area contributed by atoms with Crippen LogP contribution >= 0.6 is 15.9 Å². The Kier molecular flexibility index (Phi) is 5.35. The van der Waals surface area contributed by atoms with Crippen molar-refractivity contribution < 1.29 is 19.8 Å². The molecular formula is C13H16BrNO4. The number of aliphatic carboxylic acids is 2. The molecule has 0 heterocycles. The zero-order chi connectivity index (χ0) is 14.6. The Balaban J connectivity index is 2.87. The normalized spacial score (nSPS) is 11.9. The van der Waals surface area contributed by atoms with E-state index >= 15 is 0 Å². The number of halogens is 1. The predicted molar refractivity (Wildman–Crippen MR) is 75.5 cm³/mol. The fraction of sp³-hybridized carbons (Fsp3) is 0.385. The van der Waals surface area contributed by atoms with Crippen LogP contribution in [0, 0.1) is 12.8 Å². The summed E-state index contributed by atoms with van der Waals surface area (Å²) in [6.07, 6.45) is -0.382. The summed E-state index contributed by atoms with van der Waals surface area (Å²) in [7, 11) is 1.76. The number of benzene rings is 1. The van der Waals surface area contributed by atoms with Crippen LogP contribution in [0.2, 0.25) is 0 Å². The van der Waals surface area contributed by atoms with Crippen LogP contribution in [-0.2, 0) is 9.59 Å². The van der Waals surface area contributed by atoms with Crippen LogP contribution in [0.5, 0.6) is 0 Å². The van der Waals surface area contributed by atoms with Crippen molar-refractivity contribution in [2.45, 2.75) is 13.3 Å². The largest absolute Gasteiger partial charge is 0.481 e. The van der Waals surface area contributed by atoms with E-state index < -0.39 is 17.9 Å². The minimum atomic E-state index is -1.10. The number of carboxylic acid groups (broad SMARTS) is 2. The fourth-order valence-electron chi connectivity index (χ4n) is 1.86. The average molecular weight is 330 g/mol. The van der Waals surface area contributed by atoms with Gasteiger partial charge < -0.3 is 15.1 Å². The van der Waals surface area contributed by atoms with Gasteiger partial charge in [-0.05, 0) is 24.6 Å². The van der Waals surface area contributed by atoms with Gasteiger partial charge in [0.25, 0.3) is 0 Å². The maximum absolute atomic E-state index is 11.1. The van der Waals surface area contributed by atoms with E-state index in [4.69, 9.17) is 10.2 Å². The van der Waals surface area contributed by atoms with E-state index in [0.717, 1.165) is 15.7 Å². The van der Waals surface area contributed by atoms with Crippen molar-refractivity contribution in [2.24, 2.45) is 5.92 Å². The fourth-order valence-corrected chi connectivity index (χ4v) is 2.21. The lowest BCUT2D eigenvalue weighted by molar-refractivity contribution is -0.147. The summed E-state index contributed by atoms with van der Waals surface area (Å²) in [5, 5.41) is 17.8. The van der Waals surface area contributed by atoms with Crippen molar-refractivity contribution in [1.29, 1.82) is 0 Å². The maximum atomic E-state index is 11.1. The van der Waals surface area contributed by atoms with Gasteiger partial charge in [-0.2, -0.15) is 0 Å². The lowest BCUT2D eigenvalue weighted by Gasteiger charge is -2.24. The quantitative estimate of drug-likeness (QED) is 0.837. The van der Waals surface area contributed by atoms with E-state index in [-0.39, 0.29) is 13.0 Å². The van der Waals surface area contributed by atoms with Gasteiger partial charge in [-0.15, -0.1) is 0 Å². The molecule has 0 aliphatic carbocycles. The van der Waals surface area contributed by atoms with Crippen molar-refractivity contribution in [3.63, 3.8) is 0 Å². The number of hydrogen-bond acceptors (Lipinski definition) is 3. The third-order valence-corrected chi connectivity index (χ3v) is 3.34. The molecule has 0 spiro atoms. The lowest BCUT2D eigenvalue weighted by atomic mass is 10.0. The van der Waals surface area contributed by atoms with Crippen molar-refractivity contribution in [3.05, 3.63) is 28.2 Å². The Morgan fingerprint density at radius 3 is 2.53 bits per heavy atom. The molecule has 0 aliphatic rings. The van der Waals surface area contributed by atoms with Crippen LogP contribution < -0.4 is 4.90 Å². The molecule has 1 rings (SSSR count). The minimum absolute atomic E-state index is 0.152. The van der Waals surface area contributed by atoms with Crippen molar-refractivity contribution >= 4 is 33.6 Å². The minimum Gasteiger partial charge on any atom is -0.481 e. The van der Waals surface area contributed by atoms with Gasteiger partial charge in [-0.25, -0.2) is 0 Å². The van der Waals surface area contributed by atoms with Crippen LogP contribution in [0.4, 0.5) is 5.69 Å². The zero-order valence-corrected chi connectivity index (χ0v) is 12.3. The summed E-state index contributed by atoms with van der Waals surface area (Å²) in [6, 6.07) is 5.70. The molecule has 0 aromatic heterocycles. The topological polar surface area (TPSA) is 77.8 Å². The zero-order valence-electron chi connectivity index (χ0n) is 10.8. The summed E-state index contributed by atoms with van der Waals surface area (Å²) >= 11 is 3.36. The number of carboxylic acids is 2. The van der Waals surface area contributed by atoms with Crippen molar-refractivity contribution in [3.8, 4) is 0 Å². The van der Waals surface area contributed by atoms with Gasteiger partial charge in [0.1, 0.15) is 0 Å². The van der Waals surface area contributed by atoms with Gasteiger partial charge in [0.2, 0.25) is 0 Å². The van der Waals surface area contributed by atoms with Crippen molar-refractivity contribution in [2.75, 3.05) is 18.5 Å². The first-order chi connectivity index (χ1) is 8.81. The monoisotopic (exact) mass is 329 g/mol. The van der Waals surface area contributed by atoms with Crippen molar-refractivity contribution in [1.82, 2.24) is 0 Å². The molecule has 0 fully saturated rings. The smallest absolute Gasteiger partial charge is 0.308 e. The molecule has 19 heavy (non-hydrogen) atoms. The van der Waals surface area contributed by atoms with Crippen LogP contribution in [0.1, 0.15) is 12.0 Å². The molecule has 104 valence electrons. The number of nitrogens with zero attached hydrogens (tertiary/aromatic N) is 1. The van der Waals surface area contributed by atoms with E-state index in [1.165, 1.54) is 0 Å². The molecule has 0 saturated carbocycles. The molecule has 0 aliphatic heterocycles. The van der Waals surface area contributed by atoms with Gasteiger partial charge >= 0.3 is 11.9 Å². The first-order valence-corrected chi connectivity index (χ1v) is 6.52. The summed E-state index contributed by atoms with van der Waals surface area (Å²) in [4.78, 5) is 23.5. The van der Waals surface area contributed by atoms with E-state index in [9.17, 15) is 9.59 Å². The molecule has 0 radical (unpaired) electrons. The maximum Gasteiger partial charge on any atom is 0.308 e. The molecule has 6 heteroatoms. The Labute approximate surface area is 120 Å². The van der Waals surface area contributed by atoms with Crippen LogP contribution in [0.15, 0.2) is 22.7 Å². The molecule has 1 atom stereocenters.